The van der Waals surface area contributed by atoms with Crippen molar-refractivity contribution in [1.29, 1.82) is 0 Å². The average molecular weight is 523 g/mol. The molecule has 0 N–H and O–H groups in total. The van der Waals surface area contributed by atoms with Gasteiger partial charge in [-0.3, -0.25) is 4.57 Å². The summed E-state index contributed by atoms with van der Waals surface area (Å²) in [6.45, 7) is 1.66. The van der Waals surface area contributed by atoms with Gasteiger partial charge in [0.15, 0.2) is 11.9 Å². The summed E-state index contributed by atoms with van der Waals surface area (Å²) in [6.07, 6.45) is 3.21. The van der Waals surface area contributed by atoms with E-state index in [9.17, 15) is 0 Å². The highest BCUT2D eigenvalue weighted by molar-refractivity contribution is 5.69. The molecular formula is C31H30N4O4. The van der Waals surface area contributed by atoms with Crippen LogP contribution in [0, 0.1) is 0 Å². The maximum Gasteiger partial charge on any atom is 0.166 e. The van der Waals surface area contributed by atoms with Crippen LogP contribution in [-0.4, -0.2) is 44.4 Å². The van der Waals surface area contributed by atoms with Crippen LogP contribution in [0.2, 0.25) is 0 Å². The zero-order chi connectivity index (χ0) is 26.3. The van der Waals surface area contributed by atoms with Crippen molar-refractivity contribution in [2.45, 2.75) is 44.4 Å². The first kappa shape index (κ1) is 25.3. The van der Waals surface area contributed by atoms with E-state index in [1.54, 1.807) is 12.5 Å². The summed E-state index contributed by atoms with van der Waals surface area (Å²) < 4.78 is 27.8. The molecule has 0 bridgehead atoms. The molecule has 39 heavy (non-hydrogen) atoms. The monoisotopic (exact) mass is 522 g/mol. The Kier molecular flexibility index (Phi) is 7.97. The van der Waals surface area contributed by atoms with Crippen LogP contribution in [0.3, 0.4) is 0 Å². The van der Waals surface area contributed by atoms with E-state index < -0.39 is 18.4 Å². The molecule has 1 aliphatic heterocycles. The minimum Gasteiger partial charge on any atom is -0.374 e. The Morgan fingerprint density at radius 1 is 0.692 bits per heavy atom. The average Bonchev–Trinajstić information content (AvgIpc) is 3.57. The zero-order valence-corrected chi connectivity index (χ0v) is 21.5. The molecule has 1 unspecified atom stereocenters. The van der Waals surface area contributed by atoms with Crippen molar-refractivity contribution in [1.82, 2.24) is 19.5 Å². The molecule has 3 heterocycles. The Morgan fingerprint density at radius 3 is 1.92 bits per heavy atom. The Labute approximate surface area is 227 Å². The molecule has 1 aliphatic rings. The lowest BCUT2D eigenvalue weighted by atomic mass is 10.1. The van der Waals surface area contributed by atoms with Gasteiger partial charge in [-0.15, -0.1) is 0 Å². The molecule has 2 aromatic heterocycles. The van der Waals surface area contributed by atoms with Gasteiger partial charge < -0.3 is 18.9 Å². The van der Waals surface area contributed by atoms with Crippen LogP contribution in [0.15, 0.2) is 110 Å². The van der Waals surface area contributed by atoms with Crippen LogP contribution >= 0.6 is 0 Å². The van der Waals surface area contributed by atoms with Gasteiger partial charge in [0, 0.05) is 0 Å². The summed E-state index contributed by atoms with van der Waals surface area (Å²) in [5.74, 6) is 0. The number of aromatic nitrogens is 4. The molecular weight excluding hydrogens is 492 g/mol. The third-order valence-corrected chi connectivity index (χ3v) is 6.76. The predicted molar refractivity (Wildman–Crippen MR) is 145 cm³/mol. The van der Waals surface area contributed by atoms with Crippen molar-refractivity contribution in [3.05, 3.63) is 127 Å². The summed E-state index contributed by atoms with van der Waals surface area (Å²) in [5.41, 5.74) is 4.61. The van der Waals surface area contributed by atoms with E-state index in [0.29, 0.717) is 37.6 Å². The van der Waals surface area contributed by atoms with Crippen molar-refractivity contribution in [3.63, 3.8) is 0 Å². The summed E-state index contributed by atoms with van der Waals surface area (Å²) in [6, 6.07) is 30.3. The van der Waals surface area contributed by atoms with Crippen molar-refractivity contribution in [2.24, 2.45) is 0 Å². The number of hydrogen-bond donors (Lipinski definition) is 0. The van der Waals surface area contributed by atoms with Gasteiger partial charge in [0.25, 0.3) is 0 Å². The topological polar surface area (TPSA) is 80.5 Å². The first-order valence-electron chi connectivity index (χ1n) is 13.1. The fraction of sp³-hybridized carbons (Fsp3) is 0.258. The van der Waals surface area contributed by atoms with Crippen molar-refractivity contribution < 1.29 is 18.9 Å². The summed E-state index contributed by atoms with van der Waals surface area (Å²) >= 11 is 0. The maximum absolute atomic E-state index is 6.64. The molecule has 0 aliphatic carbocycles. The highest BCUT2D eigenvalue weighted by Gasteiger charge is 2.48. The zero-order valence-electron chi connectivity index (χ0n) is 21.5. The predicted octanol–water partition coefficient (Wildman–Crippen LogP) is 5.11. The number of hydrogen-bond acceptors (Lipinski definition) is 7. The van der Waals surface area contributed by atoms with E-state index in [-0.39, 0.29) is 6.10 Å². The molecule has 8 heteroatoms. The first-order chi connectivity index (χ1) is 19.3. The number of benzene rings is 3. The fourth-order valence-electron chi connectivity index (χ4n) is 4.82. The van der Waals surface area contributed by atoms with Gasteiger partial charge >= 0.3 is 0 Å². The lowest BCUT2D eigenvalue weighted by Crippen LogP contribution is -2.38. The molecule has 6 rings (SSSR count). The molecule has 0 radical (unpaired) electrons. The largest absolute Gasteiger partial charge is 0.374 e. The van der Waals surface area contributed by atoms with Crippen molar-refractivity contribution in [2.75, 3.05) is 6.61 Å². The van der Waals surface area contributed by atoms with Gasteiger partial charge in [0.2, 0.25) is 0 Å². The van der Waals surface area contributed by atoms with E-state index in [4.69, 9.17) is 18.9 Å². The lowest BCUT2D eigenvalue weighted by Gasteiger charge is -2.25. The van der Waals surface area contributed by atoms with Crippen molar-refractivity contribution in [3.8, 4) is 0 Å². The van der Waals surface area contributed by atoms with Gasteiger partial charge in [-0.25, -0.2) is 15.0 Å². The van der Waals surface area contributed by atoms with Crippen LogP contribution in [0.5, 0.6) is 0 Å². The van der Waals surface area contributed by atoms with Crippen LogP contribution < -0.4 is 0 Å². The Bertz CT molecular complexity index is 1450. The molecule has 0 saturated carbocycles. The molecule has 0 spiro atoms. The fourth-order valence-corrected chi connectivity index (χ4v) is 4.82. The number of imidazole rings is 1. The quantitative estimate of drug-likeness (QED) is 0.238. The molecule has 1 fully saturated rings. The summed E-state index contributed by atoms with van der Waals surface area (Å²) in [5, 5.41) is 0. The summed E-state index contributed by atoms with van der Waals surface area (Å²) in [7, 11) is 0. The highest BCUT2D eigenvalue weighted by Crippen LogP contribution is 2.36. The first-order valence-corrected chi connectivity index (χ1v) is 13.1. The minimum atomic E-state index is -0.514. The molecule has 0 amide bonds. The molecule has 3 aromatic carbocycles. The summed E-state index contributed by atoms with van der Waals surface area (Å²) in [4.78, 5) is 13.1. The molecule has 8 nitrogen and oxygen atoms in total. The standard InChI is InChI=1S/C31H30N4O4/c1-4-10-23(11-5-1)17-36-20-27-28(37-18-24-12-6-2-7-13-24)29(38-19-25-14-8-3-9-15-25)31(39-27)35-22-34-26-16-32-21-33-30(26)35/h1-16,21-22,27-29,31H,17-20H2/t27-,28-,29-,31?/m0/s1. The second kappa shape index (κ2) is 12.3. The highest BCUT2D eigenvalue weighted by atomic mass is 16.6. The molecule has 198 valence electrons. The second-order valence-corrected chi connectivity index (χ2v) is 9.47. The Balaban J connectivity index is 1.28. The van der Waals surface area contributed by atoms with E-state index >= 15 is 0 Å². The van der Waals surface area contributed by atoms with Gasteiger partial charge in [-0.1, -0.05) is 91.0 Å². The van der Waals surface area contributed by atoms with Crippen molar-refractivity contribution >= 4 is 11.2 Å². The molecule has 4 atom stereocenters. The number of rotatable bonds is 11. The van der Waals surface area contributed by atoms with E-state index in [1.165, 1.54) is 6.33 Å². The second-order valence-electron chi connectivity index (χ2n) is 9.47. The molecule has 1 saturated heterocycles. The Hall–Kier alpha value is -3.95. The van der Waals surface area contributed by atoms with E-state index in [1.807, 2.05) is 95.6 Å². The van der Waals surface area contributed by atoms with E-state index in [0.717, 1.165) is 16.7 Å². The van der Waals surface area contributed by atoms with Crippen LogP contribution in [0.4, 0.5) is 0 Å². The number of ether oxygens (including phenoxy) is 4. The van der Waals surface area contributed by atoms with E-state index in [2.05, 4.69) is 15.0 Å². The lowest BCUT2D eigenvalue weighted by molar-refractivity contribution is -0.0913. The third kappa shape index (κ3) is 6.05. The van der Waals surface area contributed by atoms with Gasteiger partial charge in [-0.2, -0.15) is 0 Å². The Morgan fingerprint density at radius 2 is 1.28 bits per heavy atom. The van der Waals surface area contributed by atoms with Gasteiger partial charge in [-0.05, 0) is 16.7 Å². The van der Waals surface area contributed by atoms with Crippen LogP contribution in [0.1, 0.15) is 22.9 Å². The molecule has 5 aromatic rings. The third-order valence-electron chi connectivity index (χ3n) is 6.76. The van der Waals surface area contributed by atoms with Gasteiger partial charge in [0.1, 0.15) is 30.2 Å². The normalized spacial score (nSPS) is 20.9. The SMILES string of the molecule is c1ccc(COC[C@@H]2OC(n3cnc4cncnc43)[C@@H](OCc3ccccc3)[C@H]2OCc2ccccc2)cc1. The smallest absolute Gasteiger partial charge is 0.166 e. The van der Waals surface area contributed by atoms with Gasteiger partial charge in [0.05, 0.1) is 39.0 Å². The minimum absolute atomic E-state index is 0.345. The number of fused-ring (bicyclic) bond motifs is 1. The van der Waals surface area contributed by atoms with Crippen LogP contribution in [-0.2, 0) is 38.8 Å². The van der Waals surface area contributed by atoms with Crippen LogP contribution in [0.25, 0.3) is 11.2 Å². The maximum atomic E-state index is 6.64. The number of nitrogens with zero attached hydrogens (tertiary/aromatic N) is 4.